The zero-order valence-corrected chi connectivity index (χ0v) is 10.5. The lowest BCUT2D eigenvalue weighted by Gasteiger charge is -2.07. The summed E-state index contributed by atoms with van der Waals surface area (Å²) in [7, 11) is 0. The van der Waals surface area contributed by atoms with Crippen molar-refractivity contribution >= 4 is 21.9 Å². The lowest BCUT2D eigenvalue weighted by atomic mass is 10.2. The summed E-state index contributed by atoms with van der Waals surface area (Å²) in [5.41, 5.74) is 0.146. The van der Waals surface area contributed by atoms with E-state index in [4.69, 9.17) is 9.47 Å². The van der Waals surface area contributed by atoms with Gasteiger partial charge in [0, 0.05) is 11.4 Å². The van der Waals surface area contributed by atoms with E-state index >= 15 is 0 Å². The van der Waals surface area contributed by atoms with Crippen LogP contribution in [-0.2, 0) is 4.74 Å². The van der Waals surface area contributed by atoms with Gasteiger partial charge in [-0.05, 0) is 19.1 Å². The lowest BCUT2D eigenvalue weighted by Crippen LogP contribution is -2.05. The molecule has 0 saturated heterocycles. The number of benzene rings is 1. The molecule has 5 heteroatoms. The van der Waals surface area contributed by atoms with Gasteiger partial charge in [-0.15, -0.1) is 0 Å². The molecule has 0 aliphatic heterocycles. The summed E-state index contributed by atoms with van der Waals surface area (Å²) < 4.78 is 10.1. The van der Waals surface area contributed by atoms with E-state index in [1.165, 1.54) is 12.1 Å². The first kappa shape index (κ1) is 12.8. The molecule has 0 atom stereocenters. The average Bonchev–Trinajstić information content (AvgIpc) is 2.26. The van der Waals surface area contributed by atoms with Gasteiger partial charge < -0.3 is 14.6 Å². The molecule has 1 aromatic rings. The summed E-state index contributed by atoms with van der Waals surface area (Å²) in [6, 6.07) is 4.50. The third-order valence-corrected chi connectivity index (χ3v) is 2.13. The fourth-order valence-corrected chi connectivity index (χ4v) is 1.30. The molecule has 0 aliphatic carbocycles. The van der Waals surface area contributed by atoms with Crippen LogP contribution in [-0.4, -0.2) is 29.6 Å². The SMILES string of the molecule is CCOC(=O)c1ccc(OCCBr)cc1O. The summed E-state index contributed by atoms with van der Waals surface area (Å²) in [6.45, 7) is 2.49. The van der Waals surface area contributed by atoms with Gasteiger partial charge in [-0.2, -0.15) is 0 Å². The third kappa shape index (κ3) is 3.41. The van der Waals surface area contributed by atoms with Crippen molar-refractivity contribution < 1.29 is 19.4 Å². The second-order valence-corrected chi connectivity index (χ2v) is 3.73. The van der Waals surface area contributed by atoms with E-state index < -0.39 is 5.97 Å². The Morgan fingerprint density at radius 2 is 2.25 bits per heavy atom. The van der Waals surface area contributed by atoms with Gasteiger partial charge in [0.15, 0.2) is 0 Å². The fraction of sp³-hybridized carbons (Fsp3) is 0.364. The number of rotatable bonds is 5. The topological polar surface area (TPSA) is 55.8 Å². The Balaban J connectivity index is 2.78. The number of carbonyl (C=O) groups excluding carboxylic acids is 1. The van der Waals surface area contributed by atoms with Crippen molar-refractivity contribution in [3.63, 3.8) is 0 Å². The van der Waals surface area contributed by atoms with Crippen LogP contribution in [0, 0.1) is 0 Å². The zero-order chi connectivity index (χ0) is 12.0. The van der Waals surface area contributed by atoms with E-state index in [0.717, 1.165) is 0 Å². The molecule has 0 unspecified atom stereocenters. The standard InChI is InChI=1S/C11H13BrO4/c1-2-15-11(14)9-4-3-8(7-10(9)13)16-6-5-12/h3-4,7,13H,2,5-6H2,1H3. The van der Waals surface area contributed by atoms with Gasteiger partial charge in [0.2, 0.25) is 0 Å². The normalized spacial score (nSPS) is 9.88. The van der Waals surface area contributed by atoms with Gasteiger partial charge in [-0.3, -0.25) is 0 Å². The van der Waals surface area contributed by atoms with Crippen LogP contribution in [0.3, 0.4) is 0 Å². The number of aromatic hydroxyl groups is 1. The molecule has 0 fully saturated rings. The molecule has 88 valence electrons. The minimum atomic E-state index is -0.535. The van der Waals surface area contributed by atoms with Crippen LogP contribution in [0.4, 0.5) is 0 Å². The summed E-state index contributed by atoms with van der Waals surface area (Å²) in [5, 5.41) is 10.3. The Morgan fingerprint density at radius 3 is 2.81 bits per heavy atom. The van der Waals surface area contributed by atoms with Crippen molar-refractivity contribution in [1.29, 1.82) is 0 Å². The number of ether oxygens (including phenoxy) is 2. The van der Waals surface area contributed by atoms with Crippen LogP contribution < -0.4 is 4.74 Å². The minimum absolute atomic E-state index is 0.134. The molecule has 4 nitrogen and oxygen atoms in total. The van der Waals surface area contributed by atoms with Crippen molar-refractivity contribution in [2.45, 2.75) is 6.92 Å². The quantitative estimate of drug-likeness (QED) is 0.667. The van der Waals surface area contributed by atoms with E-state index in [2.05, 4.69) is 15.9 Å². The molecule has 16 heavy (non-hydrogen) atoms. The maximum Gasteiger partial charge on any atom is 0.341 e. The zero-order valence-electron chi connectivity index (χ0n) is 8.90. The monoisotopic (exact) mass is 288 g/mol. The van der Waals surface area contributed by atoms with Crippen molar-refractivity contribution in [2.24, 2.45) is 0 Å². The molecule has 0 aliphatic rings. The molecular formula is C11H13BrO4. The molecule has 0 saturated carbocycles. The Bertz CT molecular complexity index is 365. The van der Waals surface area contributed by atoms with Crippen LogP contribution in [0.15, 0.2) is 18.2 Å². The maximum atomic E-state index is 11.4. The number of halogens is 1. The molecule has 1 N–H and O–H groups in total. The number of alkyl halides is 1. The summed E-state index contributed by atoms with van der Waals surface area (Å²) >= 11 is 3.22. The van der Waals surface area contributed by atoms with Crippen molar-refractivity contribution in [3.8, 4) is 11.5 Å². The molecule has 0 bridgehead atoms. The summed E-state index contributed by atoms with van der Waals surface area (Å²) in [5.74, 6) is -0.150. The Kier molecular flexibility index (Phi) is 5.11. The fourth-order valence-electron chi connectivity index (χ4n) is 1.14. The molecule has 0 spiro atoms. The highest BCUT2D eigenvalue weighted by Gasteiger charge is 2.12. The number of hydrogen-bond acceptors (Lipinski definition) is 4. The highest BCUT2D eigenvalue weighted by atomic mass is 79.9. The second-order valence-electron chi connectivity index (χ2n) is 2.94. The molecule has 0 aromatic heterocycles. The van der Waals surface area contributed by atoms with Gasteiger partial charge in [0.05, 0.1) is 13.2 Å². The van der Waals surface area contributed by atoms with Gasteiger partial charge in [-0.1, -0.05) is 15.9 Å². The van der Waals surface area contributed by atoms with E-state index in [1.807, 2.05) is 0 Å². The number of phenols is 1. The van der Waals surface area contributed by atoms with E-state index in [0.29, 0.717) is 17.7 Å². The van der Waals surface area contributed by atoms with Crippen molar-refractivity contribution in [1.82, 2.24) is 0 Å². The second kappa shape index (κ2) is 6.37. The predicted octanol–water partition coefficient (Wildman–Crippen LogP) is 2.34. The van der Waals surface area contributed by atoms with E-state index in [-0.39, 0.29) is 17.9 Å². The Hall–Kier alpha value is -1.23. The molecule has 1 aromatic carbocycles. The largest absolute Gasteiger partial charge is 0.507 e. The van der Waals surface area contributed by atoms with Crippen LogP contribution in [0.1, 0.15) is 17.3 Å². The summed E-state index contributed by atoms with van der Waals surface area (Å²) in [4.78, 5) is 11.4. The predicted molar refractivity (Wildman–Crippen MR) is 63.4 cm³/mol. The maximum absolute atomic E-state index is 11.4. The number of esters is 1. The van der Waals surface area contributed by atoms with Crippen LogP contribution in [0.2, 0.25) is 0 Å². The first-order valence-electron chi connectivity index (χ1n) is 4.88. The lowest BCUT2D eigenvalue weighted by molar-refractivity contribution is 0.0523. The summed E-state index contributed by atoms with van der Waals surface area (Å²) in [6.07, 6.45) is 0. The van der Waals surface area contributed by atoms with Crippen molar-refractivity contribution in [2.75, 3.05) is 18.5 Å². The van der Waals surface area contributed by atoms with Crippen LogP contribution in [0.5, 0.6) is 11.5 Å². The van der Waals surface area contributed by atoms with Gasteiger partial charge >= 0.3 is 5.97 Å². The van der Waals surface area contributed by atoms with Gasteiger partial charge in [-0.25, -0.2) is 4.79 Å². The smallest absolute Gasteiger partial charge is 0.341 e. The van der Waals surface area contributed by atoms with Crippen LogP contribution in [0.25, 0.3) is 0 Å². The first-order valence-corrected chi connectivity index (χ1v) is 6.00. The Morgan fingerprint density at radius 1 is 1.50 bits per heavy atom. The Labute approximate surface area is 102 Å². The highest BCUT2D eigenvalue weighted by molar-refractivity contribution is 9.09. The third-order valence-electron chi connectivity index (χ3n) is 1.81. The molecule has 0 amide bonds. The number of hydrogen-bond donors (Lipinski definition) is 1. The van der Waals surface area contributed by atoms with Crippen LogP contribution >= 0.6 is 15.9 Å². The molecule has 0 radical (unpaired) electrons. The van der Waals surface area contributed by atoms with Crippen molar-refractivity contribution in [3.05, 3.63) is 23.8 Å². The van der Waals surface area contributed by atoms with E-state index in [9.17, 15) is 9.90 Å². The molecular weight excluding hydrogens is 276 g/mol. The number of phenolic OH excluding ortho intramolecular Hbond substituents is 1. The number of carbonyl (C=O) groups is 1. The molecule has 0 heterocycles. The minimum Gasteiger partial charge on any atom is -0.507 e. The van der Waals surface area contributed by atoms with Gasteiger partial charge in [0.25, 0.3) is 0 Å². The highest BCUT2D eigenvalue weighted by Crippen LogP contribution is 2.24. The molecule has 1 rings (SSSR count). The first-order chi connectivity index (χ1) is 7.69. The van der Waals surface area contributed by atoms with E-state index in [1.54, 1.807) is 13.0 Å². The average molecular weight is 289 g/mol. The van der Waals surface area contributed by atoms with Gasteiger partial charge in [0.1, 0.15) is 17.1 Å².